The van der Waals surface area contributed by atoms with Crippen molar-refractivity contribution >= 4 is 33.0 Å². The van der Waals surface area contributed by atoms with Gasteiger partial charge in [0, 0.05) is 21.3 Å². The van der Waals surface area contributed by atoms with Gasteiger partial charge in [-0.2, -0.15) is 0 Å². The van der Waals surface area contributed by atoms with Gasteiger partial charge < -0.3 is 5.11 Å². The molecule has 0 aliphatic heterocycles. The number of thiophene rings is 1. The first kappa shape index (κ1) is 18.1. The normalized spacial score (nSPS) is 12.9. The van der Waals surface area contributed by atoms with Crippen molar-refractivity contribution in [3.8, 4) is 0 Å². The third-order valence-corrected chi connectivity index (χ3v) is 6.43. The van der Waals surface area contributed by atoms with E-state index < -0.39 is 16.1 Å². The van der Waals surface area contributed by atoms with Crippen LogP contribution in [0.15, 0.2) is 71.6 Å². The predicted octanol–water partition coefficient (Wildman–Crippen LogP) is 3.96. The van der Waals surface area contributed by atoms with Crippen molar-refractivity contribution in [3.63, 3.8) is 0 Å². The molecule has 0 saturated carbocycles. The van der Waals surface area contributed by atoms with Gasteiger partial charge in [-0.05, 0) is 42.0 Å². The highest BCUT2D eigenvalue weighted by atomic mass is 35.5. The van der Waals surface area contributed by atoms with Gasteiger partial charge in [-0.1, -0.05) is 41.9 Å². The molecule has 0 aliphatic rings. The van der Waals surface area contributed by atoms with E-state index in [4.69, 9.17) is 11.6 Å². The van der Waals surface area contributed by atoms with Crippen LogP contribution >= 0.6 is 22.9 Å². The Kier molecular flexibility index (Phi) is 5.56. The molecule has 0 saturated heterocycles. The highest BCUT2D eigenvalue weighted by molar-refractivity contribution is 7.89. The Labute approximate surface area is 155 Å². The topological polar surface area (TPSA) is 66.4 Å². The summed E-state index contributed by atoms with van der Waals surface area (Å²) in [6, 6.07) is 19.0. The molecule has 4 nitrogen and oxygen atoms in total. The summed E-state index contributed by atoms with van der Waals surface area (Å²) in [5.74, 6) is 0. The standard InChI is InChI=1S/C18H16ClNO3S2/c19-14-6-9-16(10-7-14)25(22,23)20-12-15-8-11-17(24-15)18(21)13-4-2-1-3-5-13/h1-11,18,20-21H,12H2/t18-/m0/s1. The first-order chi connectivity index (χ1) is 12.0. The monoisotopic (exact) mass is 393 g/mol. The second-order valence-electron chi connectivity index (χ2n) is 5.40. The molecule has 0 fully saturated rings. The van der Waals surface area contributed by atoms with Crippen molar-refractivity contribution in [1.29, 1.82) is 0 Å². The molecule has 0 unspecified atom stereocenters. The van der Waals surface area contributed by atoms with Gasteiger partial charge in [-0.25, -0.2) is 13.1 Å². The van der Waals surface area contributed by atoms with Crippen LogP contribution in [0.1, 0.15) is 21.4 Å². The van der Waals surface area contributed by atoms with Crippen molar-refractivity contribution in [2.24, 2.45) is 0 Å². The van der Waals surface area contributed by atoms with Crippen LogP contribution in [0.5, 0.6) is 0 Å². The highest BCUT2D eigenvalue weighted by Gasteiger charge is 2.16. The van der Waals surface area contributed by atoms with E-state index in [2.05, 4.69) is 4.72 Å². The quantitative estimate of drug-likeness (QED) is 0.666. The summed E-state index contributed by atoms with van der Waals surface area (Å²) in [5, 5.41) is 10.9. The van der Waals surface area contributed by atoms with E-state index in [9.17, 15) is 13.5 Å². The molecule has 25 heavy (non-hydrogen) atoms. The SMILES string of the molecule is O=S(=O)(NCc1ccc([C@@H](O)c2ccccc2)s1)c1ccc(Cl)cc1. The molecule has 1 atom stereocenters. The van der Waals surface area contributed by atoms with E-state index in [0.29, 0.717) is 5.02 Å². The minimum absolute atomic E-state index is 0.164. The largest absolute Gasteiger partial charge is 0.383 e. The number of aliphatic hydroxyl groups is 1. The number of rotatable bonds is 6. The molecule has 0 spiro atoms. The average Bonchev–Trinajstić information content (AvgIpc) is 3.10. The number of sulfonamides is 1. The van der Waals surface area contributed by atoms with E-state index in [1.807, 2.05) is 42.5 Å². The van der Waals surface area contributed by atoms with Crippen molar-refractivity contribution in [1.82, 2.24) is 4.72 Å². The lowest BCUT2D eigenvalue weighted by atomic mass is 10.1. The average molecular weight is 394 g/mol. The van der Waals surface area contributed by atoms with Crippen LogP contribution in [0.2, 0.25) is 5.02 Å². The lowest BCUT2D eigenvalue weighted by molar-refractivity contribution is 0.224. The van der Waals surface area contributed by atoms with Gasteiger partial charge in [0.15, 0.2) is 0 Å². The van der Waals surface area contributed by atoms with Gasteiger partial charge in [0.1, 0.15) is 6.10 Å². The first-order valence-corrected chi connectivity index (χ1v) is 10.2. The lowest BCUT2D eigenvalue weighted by Crippen LogP contribution is -2.22. The van der Waals surface area contributed by atoms with Crippen LogP contribution in [0.4, 0.5) is 0 Å². The summed E-state index contributed by atoms with van der Waals surface area (Å²) < 4.78 is 27.1. The molecular formula is C18H16ClNO3S2. The van der Waals surface area contributed by atoms with Gasteiger partial charge in [-0.15, -0.1) is 11.3 Å². The molecule has 3 rings (SSSR count). The van der Waals surface area contributed by atoms with Crippen molar-refractivity contribution in [3.05, 3.63) is 87.1 Å². The lowest BCUT2D eigenvalue weighted by Gasteiger charge is -2.08. The minimum Gasteiger partial charge on any atom is -0.383 e. The first-order valence-electron chi connectivity index (χ1n) is 7.52. The molecule has 0 bridgehead atoms. The smallest absolute Gasteiger partial charge is 0.240 e. The molecule has 130 valence electrons. The second kappa shape index (κ2) is 7.68. The van der Waals surface area contributed by atoms with Crippen LogP contribution in [-0.4, -0.2) is 13.5 Å². The Morgan fingerprint density at radius 1 is 1.00 bits per heavy atom. The maximum absolute atomic E-state index is 12.3. The molecule has 1 heterocycles. The van der Waals surface area contributed by atoms with E-state index in [1.165, 1.54) is 35.6 Å². The Morgan fingerprint density at radius 2 is 1.68 bits per heavy atom. The van der Waals surface area contributed by atoms with Gasteiger partial charge in [0.05, 0.1) is 4.90 Å². The van der Waals surface area contributed by atoms with E-state index in [0.717, 1.165) is 15.3 Å². The van der Waals surface area contributed by atoms with E-state index in [1.54, 1.807) is 0 Å². The molecular weight excluding hydrogens is 378 g/mol. The number of aliphatic hydroxyl groups excluding tert-OH is 1. The predicted molar refractivity (Wildman–Crippen MR) is 100 cm³/mol. The van der Waals surface area contributed by atoms with Crippen LogP contribution in [-0.2, 0) is 16.6 Å². The summed E-state index contributed by atoms with van der Waals surface area (Å²) in [6.07, 6.45) is -0.715. The summed E-state index contributed by atoms with van der Waals surface area (Å²) in [7, 11) is -3.60. The van der Waals surface area contributed by atoms with Gasteiger partial charge in [-0.3, -0.25) is 0 Å². The zero-order valence-corrected chi connectivity index (χ0v) is 15.5. The number of hydrogen-bond donors (Lipinski definition) is 2. The van der Waals surface area contributed by atoms with Crippen molar-refractivity contribution in [2.75, 3.05) is 0 Å². The molecule has 0 radical (unpaired) electrons. The van der Waals surface area contributed by atoms with Crippen molar-refractivity contribution in [2.45, 2.75) is 17.5 Å². The van der Waals surface area contributed by atoms with Crippen LogP contribution in [0.25, 0.3) is 0 Å². The Bertz CT molecular complexity index is 938. The summed E-state index contributed by atoms with van der Waals surface area (Å²) >= 11 is 7.16. The van der Waals surface area contributed by atoms with Gasteiger partial charge in [0.25, 0.3) is 0 Å². The Balaban J connectivity index is 1.68. The third kappa shape index (κ3) is 4.48. The number of benzene rings is 2. The highest BCUT2D eigenvalue weighted by Crippen LogP contribution is 2.28. The van der Waals surface area contributed by atoms with E-state index >= 15 is 0 Å². The van der Waals surface area contributed by atoms with Crippen LogP contribution in [0.3, 0.4) is 0 Å². The Morgan fingerprint density at radius 3 is 2.36 bits per heavy atom. The summed E-state index contributed by atoms with van der Waals surface area (Å²) in [5.41, 5.74) is 0.803. The van der Waals surface area contributed by atoms with Crippen molar-refractivity contribution < 1.29 is 13.5 Å². The maximum atomic E-state index is 12.3. The number of nitrogens with one attached hydrogen (secondary N) is 1. The summed E-state index contributed by atoms with van der Waals surface area (Å²) in [6.45, 7) is 0.164. The fourth-order valence-corrected chi connectivity index (χ4v) is 4.49. The third-order valence-electron chi connectivity index (χ3n) is 3.63. The van der Waals surface area contributed by atoms with Gasteiger partial charge >= 0.3 is 0 Å². The zero-order chi connectivity index (χ0) is 17.9. The number of hydrogen-bond acceptors (Lipinski definition) is 4. The number of halogens is 1. The maximum Gasteiger partial charge on any atom is 0.240 e. The molecule has 0 aliphatic carbocycles. The fraction of sp³-hybridized carbons (Fsp3) is 0.111. The molecule has 0 amide bonds. The van der Waals surface area contributed by atoms with Crippen LogP contribution in [0, 0.1) is 0 Å². The minimum atomic E-state index is -3.60. The molecule has 2 N–H and O–H groups in total. The van der Waals surface area contributed by atoms with E-state index in [-0.39, 0.29) is 11.4 Å². The molecule has 2 aromatic carbocycles. The molecule has 1 aromatic heterocycles. The zero-order valence-electron chi connectivity index (χ0n) is 13.1. The molecule has 7 heteroatoms. The molecule has 3 aromatic rings. The Hall–Kier alpha value is -1.70. The second-order valence-corrected chi connectivity index (χ2v) is 8.80. The summed E-state index contributed by atoms with van der Waals surface area (Å²) in [4.78, 5) is 1.76. The van der Waals surface area contributed by atoms with Gasteiger partial charge in [0.2, 0.25) is 10.0 Å². The van der Waals surface area contributed by atoms with Crippen LogP contribution < -0.4 is 4.72 Å². The fourth-order valence-electron chi connectivity index (χ4n) is 2.30.